The molecule has 0 unspecified atom stereocenters. The highest BCUT2D eigenvalue weighted by Gasteiger charge is 2.34. The Labute approximate surface area is 142 Å². The van der Waals surface area contributed by atoms with Crippen LogP contribution < -0.4 is 9.62 Å². The summed E-state index contributed by atoms with van der Waals surface area (Å²) in [6, 6.07) is 3.85. The summed E-state index contributed by atoms with van der Waals surface area (Å²) in [5, 5.41) is 10.9. The van der Waals surface area contributed by atoms with Crippen molar-refractivity contribution in [1.82, 2.24) is 4.72 Å². The van der Waals surface area contributed by atoms with Crippen molar-refractivity contribution < 1.29 is 23.0 Å². The van der Waals surface area contributed by atoms with Crippen molar-refractivity contribution in [3.05, 3.63) is 33.9 Å². The number of nitrogens with zero attached hydrogens (tertiary/aromatic N) is 1. The molecule has 0 aliphatic carbocycles. The van der Waals surface area contributed by atoms with Gasteiger partial charge >= 0.3 is 0 Å². The highest BCUT2D eigenvalue weighted by Crippen LogP contribution is 2.21. The number of nitro groups is 1. The summed E-state index contributed by atoms with van der Waals surface area (Å²) in [6.07, 6.45) is 0. The highest BCUT2D eigenvalue weighted by molar-refractivity contribution is 7.89. The fourth-order valence-electron chi connectivity index (χ4n) is 2.76. The average molecular weight is 358 g/mol. The number of nitrogens with one attached hydrogen (secondary N) is 2. The molecule has 8 nitrogen and oxygen atoms in total. The molecule has 0 aromatic heterocycles. The fourth-order valence-corrected chi connectivity index (χ4v) is 4.24. The number of rotatable bonds is 6. The molecule has 24 heavy (non-hydrogen) atoms. The third-order valence-electron chi connectivity index (χ3n) is 4.43. The van der Waals surface area contributed by atoms with Gasteiger partial charge < -0.3 is 9.64 Å². The summed E-state index contributed by atoms with van der Waals surface area (Å²) >= 11 is 0. The molecule has 0 bridgehead atoms. The van der Waals surface area contributed by atoms with Crippen LogP contribution in [0.2, 0.25) is 0 Å². The maximum Gasteiger partial charge on any atom is 0.270 e. The lowest BCUT2D eigenvalue weighted by atomic mass is 10.0. The van der Waals surface area contributed by atoms with Crippen LogP contribution in [-0.2, 0) is 14.8 Å². The second kappa shape index (κ2) is 7.14. The second-order valence-electron chi connectivity index (χ2n) is 6.63. The van der Waals surface area contributed by atoms with E-state index in [1.54, 1.807) is 6.92 Å². The normalized spacial score (nSPS) is 17.0. The summed E-state index contributed by atoms with van der Waals surface area (Å²) in [7, 11) is -3.82. The van der Waals surface area contributed by atoms with Crippen molar-refractivity contribution in [1.29, 1.82) is 0 Å². The summed E-state index contributed by atoms with van der Waals surface area (Å²) in [5.41, 5.74) is -0.0606. The Balaban J connectivity index is 2.16. The first-order chi connectivity index (χ1) is 11.1. The predicted octanol–water partition coefficient (Wildman–Crippen LogP) is -0.125. The molecule has 2 rings (SSSR count). The van der Waals surface area contributed by atoms with E-state index in [2.05, 4.69) is 4.72 Å². The lowest BCUT2D eigenvalue weighted by Crippen LogP contribution is -3.22. The van der Waals surface area contributed by atoms with E-state index < -0.39 is 14.9 Å². The van der Waals surface area contributed by atoms with Gasteiger partial charge in [0.1, 0.15) is 18.6 Å². The number of sulfonamides is 1. The van der Waals surface area contributed by atoms with Gasteiger partial charge in [0.15, 0.2) is 0 Å². The standard InChI is InChI=1S/C15H23N3O5S/c1-12-4-5-13(18(19)20)10-14(12)24(21,22)16-11-15(2,3)17-6-8-23-9-7-17/h4-5,10,16H,6-9,11H2,1-3H3/p+1. The zero-order chi connectivity index (χ0) is 18.0. The van der Waals surface area contributed by atoms with E-state index in [0.717, 1.165) is 19.2 Å². The van der Waals surface area contributed by atoms with E-state index in [4.69, 9.17) is 4.74 Å². The largest absolute Gasteiger partial charge is 0.370 e. The molecule has 0 atom stereocenters. The molecule has 1 aliphatic rings. The quantitative estimate of drug-likeness (QED) is 0.545. The maximum atomic E-state index is 12.6. The summed E-state index contributed by atoms with van der Waals surface area (Å²) < 4.78 is 33.1. The van der Waals surface area contributed by atoms with Gasteiger partial charge in [0.25, 0.3) is 5.69 Å². The zero-order valence-corrected chi connectivity index (χ0v) is 15.0. The van der Waals surface area contributed by atoms with Crippen LogP contribution >= 0.6 is 0 Å². The summed E-state index contributed by atoms with van der Waals surface area (Å²) in [6.45, 7) is 8.83. The third-order valence-corrected chi connectivity index (χ3v) is 5.97. The molecule has 2 N–H and O–H groups in total. The number of hydrogen-bond acceptors (Lipinski definition) is 5. The van der Waals surface area contributed by atoms with Gasteiger partial charge in [-0.15, -0.1) is 0 Å². The number of nitro benzene ring substituents is 1. The molecule has 134 valence electrons. The van der Waals surface area contributed by atoms with E-state index in [1.165, 1.54) is 17.0 Å². The van der Waals surface area contributed by atoms with Crippen LogP contribution in [0.3, 0.4) is 0 Å². The zero-order valence-electron chi connectivity index (χ0n) is 14.2. The van der Waals surface area contributed by atoms with Crippen molar-refractivity contribution in [3.8, 4) is 0 Å². The fraction of sp³-hybridized carbons (Fsp3) is 0.600. The first-order valence-electron chi connectivity index (χ1n) is 7.81. The topological polar surface area (TPSA) is 103 Å². The molecule has 0 saturated carbocycles. The SMILES string of the molecule is Cc1ccc([N+](=O)[O-])cc1S(=O)(=O)NCC(C)(C)[NH+]1CCOCC1. The van der Waals surface area contributed by atoms with Gasteiger partial charge in [-0.25, -0.2) is 13.1 Å². The average Bonchev–Trinajstić information content (AvgIpc) is 2.54. The second-order valence-corrected chi connectivity index (χ2v) is 8.37. The lowest BCUT2D eigenvalue weighted by molar-refractivity contribution is -0.954. The maximum absolute atomic E-state index is 12.6. The van der Waals surface area contributed by atoms with Gasteiger partial charge in [-0.2, -0.15) is 0 Å². The Kier molecular flexibility index (Phi) is 5.59. The van der Waals surface area contributed by atoms with E-state index in [0.29, 0.717) is 18.8 Å². The van der Waals surface area contributed by atoms with Crippen molar-refractivity contribution >= 4 is 15.7 Å². The highest BCUT2D eigenvalue weighted by atomic mass is 32.2. The number of ether oxygens (including phenoxy) is 1. The predicted molar refractivity (Wildman–Crippen MR) is 88.6 cm³/mol. The molecule has 1 aromatic carbocycles. The van der Waals surface area contributed by atoms with Gasteiger partial charge in [0.2, 0.25) is 10.0 Å². The van der Waals surface area contributed by atoms with Crippen LogP contribution in [0.4, 0.5) is 5.69 Å². The Bertz CT molecular complexity index is 712. The molecule has 1 aliphatic heterocycles. The van der Waals surface area contributed by atoms with Crippen LogP contribution in [0.1, 0.15) is 19.4 Å². The van der Waals surface area contributed by atoms with Crippen LogP contribution in [0.5, 0.6) is 0 Å². The molecule has 1 saturated heterocycles. The molecule has 0 spiro atoms. The summed E-state index contributed by atoms with van der Waals surface area (Å²) in [5.74, 6) is 0. The number of morpholine rings is 1. The smallest absolute Gasteiger partial charge is 0.270 e. The van der Waals surface area contributed by atoms with Crippen LogP contribution in [0.15, 0.2) is 23.1 Å². The minimum absolute atomic E-state index is 0.0514. The molecule has 0 radical (unpaired) electrons. The lowest BCUT2D eigenvalue weighted by Gasteiger charge is -2.37. The van der Waals surface area contributed by atoms with Crippen molar-refractivity contribution in [2.75, 3.05) is 32.8 Å². The molecular formula is C15H24N3O5S+. The number of quaternary nitrogens is 1. The monoisotopic (exact) mass is 358 g/mol. The Morgan fingerprint density at radius 2 is 1.96 bits per heavy atom. The van der Waals surface area contributed by atoms with E-state index in [9.17, 15) is 18.5 Å². The Morgan fingerprint density at radius 3 is 2.54 bits per heavy atom. The van der Waals surface area contributed by atoms with Gasteiger partial charge in [-0.3, -0.25) is 10.1 Å². The minimum Gasteiger partial charge on any atom is -0.370 e. The van der Waals surface area contributed by atoms with E-state index in [1.807, 2.05) is 13.8 Å². The molecule has 1 aromatic rings. The summed E-state index contributed by atoms with van der Waals surface area (Å²) in [4.78, 5) is 11.5. The van der Waals surface area contributed by atoms with Gasteiger partial charge in [0.05, 0.1) is 29.6 Å². The molecule has 9 heteroatoms. The molecule has 1 fully saturated rings. The van der Waals surface area contributed by atoms with Crippen molar-refractivity contribution in [2.24, 2.45) is 0 Å². The molecule has 0 amide bonds. The minimum atomic E-state index is -3.82. The first-order valence-corrected chi connectivity index (χ1v) is 9.29. The van der Waals surface area contributed by atoms with Gasteiger partial charge in [-0.05, 0) is 26.3 Å². The van der Waals surface area contributed by atoms with Gasteiger partial charge in [-0.1, -0.05) is 6.07 Å². The van der Waals surface area contributed by atoms with Crippen LogP contribution in [0, 0.1) is 17.0 Å². The van der Waals surface area contributed by atoms with Crippen LogP contribution in [0.25, 0.3) is 0 Å². The van der Waals surface area contributed by atoms with Crippen molar-refractivity contribution in [3.63, 3.8) is 0 Å². The third kappa shape index (κ3) is 4.29. The Morgan fingerprint density at radius 1 is 1.33 bits per heavy atom. The van der Waals surface area contributed by atoms with E-state index in [-0.39, 0.29) is 22.7 Å². The number of benzene rings is 1. The van der Waals surface area contributed by atoms with Gasteiger partial charge in [0, 0.05) is 12.1 Å². The Hall–Kier alpha value is -1.55. The number of hydrogen-bond donors (Lipinski definition) is 2. The van der Waals surface area contributed by atoms with Crippen molar-refractivity contribution in [2.45, 2.75) is 31.2 Å². The van der Waals surface area contributed by atoms with Crippen LogP contribution in [-0.4, -0.2) is 51.7 Å². The first kappa shape index (κ1) is 18.8. The number of aryl methyl sites for hydroxylation is 1. The van der Waals surface area contributed by atoms with E-state index >= 15 is 0 Å². The molecule has 1 heterocycles. The molecular weight excluding hydrogens is 334 g/mol. The number of non-ortho nitro benzene ring substituents is 1.